The Labute approximate surface area is 104 Å². The standard InChI is InChI=1S/C13H24N4/c1-5-17(8-6-7-16(3)4)13-9-11(2)12(14)10-15-13/h9-10H,5-8,14H2,1-4H3. The second-order valence-corrected chi connectivity index (χ2v) is 4.64. The highest BCUT2D eigenvalue weighted by atomic mass is 15.2. The van der Waals surface area contributed by atoms with E-state index in [0.29, 0.717) is 0 Å². The van der Waals surface area contributed by atoms with E-state index in [2.05, 4.69) is 41.9 Å². The molecular weight excluding hydrogens is 212 g/mol. The molecule has 0 aliphatic rings. The molecule has 2 N–H and O–H groups in total. The van der Waals surface area contributed by atoms with E-state index in [4.69, 9.17) is 5.73 Å². The number of aromatic nitrogens is 1. The van der Waals surface area contributed by atoms with Crippen molar-refractivity contribution in [2.75, 3.05) is 44.4 Å². The van der Waals surface area contributed by atoms with Crippen LogP contribution >= 0.6 is 0 Å². The van der Waals surface area contributed by atoms with Crippen molar-refractivity contribution in [3.05, 3.63) is 17.8 Å². The molecule has 0 atom stereocenters. The minimum absolute atomic E-state index is 0.762. The van der Waals surface area contributed by atoms with Gasteiger partial charge in [0.2, 0.25) is 0 Å². The zero-order chi connectivity index (χ0) is 12.8. The highest BCUT2D eigenvalue weighted by Gasteiger charge is 2.06. The molecule has 1 aromatic rings. The summed E-state index contributed by atoms with van der Waals surface area (Å²) in [5.74, 6) is 1.03. The van der Waals surface area contributed by atoms with Gasteiger partial charge in [0.25, 0.3) is 0 Å². The summed E-state index contributed by atoms with van der Waals surface area (Å²) >= 11 is 0. The van der Waals surface area contributed by atoms with Gasteiger partial charge in [0.1, 0.15) is 5.82 Å². The van der Waals surface area contributed by atoms with Crippen LogP contribution in [0.4, 0.5) is 11.5 Å². The molecule has 0 saturated carbocycles. The van der Waals surface area contributed by atoms with Crippen LogP contribution in [0.15, 0.2) is 12.3 Å². The average molecular weight is 236 g/mol. The maximum absolute atomic E-state index is 5.78. The number of nitrogen functional groups attached to an aromatic ring is 1. The smallest absolute Gasteiger partial charge is 0.128 e. The molecule has 4 nitrogen and oxygen atoms in total. The lowest BCUT2D eigenvalue weighted by Gasteiger charge is -2.23. The summed E-state index contributed by atoms with van der Waals surface area (Å²) in [6.45, 7) is 7.29. The SMILES string of the molecule is CCN(CCCN(C)C)c1cc(C)c(N)cn1. The summed E-state index contributed by atoms with van der Waals surface area (Å²) in [6.07, 6.45) is 2.89. The van der Waals surface area contributed by atoms with Gasteiger partial charge in [0.05, 0.1) is 11.9 Å². The first-order valence-electron chi connectivity index (χ1n) is 6.16. The highest BCUT2D eigenvalue weighted by Crippen LogP contribution is 2.17. The lowest BCUT2D eigenvalue weighted by Crippen LogP contribution is -2.27. The third-order valence-electron chi connectivity index (χ3n) is 2.88. The number of nitrogens with two attached hydrogens (primary N) is 1. The number of hydrogen-bond acceptors (Lipinski definition) is 4. The van der Waals surface area contributed by atoms with Crippen molar-refractivity contribution in [2.45, 2.75) is 20.3 Å². The first-order chi connectivity index (χ1) is 8.04. The number of rotatable bonds is 6. The summed E-state index contributed by atoms with van der Waals surface area (Å²) < 4.78 is 0. The Morgan fingerprint density at radius 3 is 2.53 bits per heavy atom. The van der Waals surface area contributed by atoms with Gasteiger partial charge >= 0.3 is 0 Å². The molecule has 1 rings (SSSR count). The van der Waals surface area contributed by atoms with Gasteiger partial charge in [-0.05, 0) is 52.5 Å². The molecule has 1 aromatic heterocycles. The van der Waals surface area contributed by atoms with Crippen molar-refractivity contribution in [3.8, 4) is 0 Å². The fraction of sp³-hybridized carbons (Fsp3) is 0.615. The molecule has 0 saturated heterocycles. The fourth-order valence-electron chi connectivity index (χ4n) is 1.74. The number of pyridine rings is 1. The number of anilines is 2. The molecule has 4 heteroatoms. The largest absolute Gasteiger partial charge is 0.397 e. The maximum atomic E-state index is 5.78. The van der Waals surface area contributed by atoms with Gasteiger partial charge in [0.15, 0.2) is 0 Å². The first-order valence-corrected chi connectivity index (χ1v) is 6.16. The summed E-state index contributed by atoms with van der Waals surface area (Å²) in [5.41, 5.74) is 7.64. The van der Waals surface area contributed by atoms with Crippen LogP contribution in [0.1, 0.15) is 18.9 Å². The van der Waals surface area contributed by atoms with Gasteiger partial charge in [-0.1, -0.05) is 0 Å². The minimum Gasteiger partial charge on any atom is -0.397 e. The van der Waals surface area contributed by atoms with Crippen molar-refractivity contribution >= 4 is 11.5 Å². The van der Waals surface area contributed by atoms with Crippen LogP contribution in [0.5, 0.6) is 0 Å². The lowest BCUT2D eigenvalue weighted by molar-refractivity contribution is 0.400. The average Bonchev–Trinajstić information content (AvgIpc) is 2.28. The zero-order valence-electron chi connectivity index (χ0n) is 11.4. The maximum Gasteiger partial charge on any atom is 0.128 e. The Balaban J connectivity index is 2.62. The van der Waals surface area contributed by atoms with Crippen molar-refractivity contribution in [1.82, 2.24) is 9.88 Å². The van der Waals surface area contributed by atoms with Crippen LogP contribution in [0.25, 0.3) is 0 Å². The van der Waals surface area contributed by atoms with E-state index < -0.39 is 0 Å². The molecule has 0 bridgehead atoms. The van der Waals surface area contributed by atoms with Crippen LogP contribution in [0.2, 0.25) is 0 Å². The van der Waals surface area contributed by atoms with Crippen molar-refractivity contribution in [3.63, 3.8) is 0 Å². The van der Waals surface area contributed by atoms with E-state index >= 15 is 0 Å². The number of hydrogen-bond donors (Lipinski definition) is 1. The van der Waals surface area contributed by atoms with Crippen LogP contribution in [0.3, 0.4) is 0 Å². The molecule has 0 amide bonds. The lowest BCUT2D eigenvalue weighted by atomic mass is 10.2. The summed E-state index contributed by atoms with van der Waals surface area (Å²) in [5, 5.41) is 0. The van der Waals surface area contributed by atoms with Crippen LogP contribution in [-0.4, -0.2) is 43.6 Å². The third kappa shape index (κ3) is 4.23. The van der Waals surface area contributed by atoms with E-state index in [0.717, 1.165) is 43.1 Å². The second kappa shape index (κ2) is 6.45. The quantitative estimate of drug-likeness (QED) is 0.817. The second-order valence-electron chi connectivity index (χ2n) is 4.64. The summed E-state index contributed by atoms with van der Waals surface area (Å²) in [6, 6.07) is 2.06. The van der Waals surface area contributed by atoms with Gasteiger partial charge in [-0.15, -0.1) is 0 Å². The van der Waals surface area contributed by atoms with Crippen molar-refractivity contribution in [1.29, 1.82) is 0 Å². The topological polar surface area (TPSA) is 45.4 Å². The molecule has 0 aromatic carbocycles. The van der Waals surface area contributed by atoms with Crippen molar-refractivity contribution in [2.24, 2.45) is 0 Å². The van der Waals surface area contributed by atoms with E-state index in [1.807, 2.05) is 6.92 Å². The Morgan fingerprint density at radius 1 is 1.29 bits per heavy atom. The number of aryl methyl sites for hydroxylation is 1. The Kier molecular flexibility index (Phi) is 5.22. The molecule has 0 fully saturated rings. The first kappa shape index (κ1) is 13.8. The fourth-order valence-corrected chi connectivity index (χ4v) is 1.74. The zero-order valence-corrected chi connectivity index (χ0v) is 11.4. The molecular formula is C13H24N4. The van der Waals surface area contributed by atoms with Crippen LogP contribution < -0.4 is 10.6 Å². The van der Waals surface area contributed by atoms with Crippen LogP contribution in [-0.2, 0) is 0 Å². The molecule has 17 heavy (non-hydrogen) atoms. The highest BCUT2D eigenvalue weighted by molar-refractivity contribution is 5.52. The van der Waals surface area contributed by atoms with Gasteiger partial charge in [0, 0.05) is 13.1 Å². The van der Waals surface area contributed by atoms with Gasteiger partial charge in [-0.2, -0.15) is 0 Å². The molecule has 96 valence electrons. The van der Waals surface area contributed by atoms with Gasteiger partial charge < -0.3 is 15.5 Å². The van der Waals surface area contributed by atoms with E-state index in [1.165, 1.54) is 0 Å². The Morgan fingerprint density at radius 2 is 2.00 bits per heavy atom. The van der Waals surface area contributed by atoms with Gasteiger partial charge in [-0.3, -0.25) is 0 Å². The predicted molar refractivity (Wildman–Crippen MR) is 74.4 cm³/mol. The van der Waals surface area contributed by atoms with Crippen molar-refractivity contribution < 1.29 is 0 Å². The third-order valence-corrected chi connectivity index (χ3v) is 2.88. The Hall–Kier alpha value is -1.29. The minimum atomic E-state index is 0.762. The molecule has 0 radical (unpaired) electrons. The van der Waals surface area contributed by atoms with Crippen LogP contribution in [0, 0.1) is 6.92 Å². The normalized spacial score (nSPS) is 10.9. The molecule has 1 heterocycles. The Bertz CT molecular complexity index is 349. The van der Waals surface area contributed by atoms with E-state index in [9.17, 15) is 0 Å². The van der Waals surface area contributed by atoms with Gasteiger partial charge in [-0.25, -0.2) is 4.98 Å². The predicted octanol–water partition coefficient (Wildman–Crippen LogP) is 1.75. The van der Waals surface area contributed by atoms with E-state index in [1.54, 1.807) is 6.20 Å². The summed E-state index contributed by atoms with van der Waals surface area (Å²) in [7, 11) is 4.20. The molecule has 0 aliphatic carbocycles. The summed E-state index contributed by atoms with van der Waals surface area (Å²) in [4.78, 5) is 8.89. The molecule has 0 unspecified atom stereocenters. The van der Waals surface area contributed by atoms with E-state index in [-0.39, 0.29) is 0 Å². The number of nitrogens with zero attached hydrogens (tertiary/aromatic N) is 3. The monoisotopic (exact) mass is 236 g/mol. The molecule has 0 aliphatic heterocycles. The molecule has 0 spiro atoms.